The first-order valence-corrected chi connectivity index (χ1v) is 6.14. The van der Waals surface area contributed by atoms with Crippen molar-refractivity contribution in [3.05, 3.63) is 0 Å². The van der Waals surface area contributed by atoms with Crippen LogP contribution in [0.25, 0.3) is 0 Å². The topological polar surface area (TPSA) is 70.1 Å². The number of hydrogen-bond donors (Lipinski definition) is 1. The maximum absolute atomic E-state index is 11.8. The number of hydrogen-bond acceptors (Lipinski definition) is 3. The molecule has 0 radical (unpaired) electrons. The van der Waals surface area contributed by atoms with Crippen molar-refractivity contribution in [1.82, 2.24) is 9.80 Å². The summed E-state index contributed by atoms with van der Waals surface area (Å²) in [4.78, 5) is 25.3. The highest BCUT2D eigenvalue weighted by molar-refractivity contribution is 5.73. The molecular formula is C12H24N2O4. The Balaban J connectivity index is 3.85. The molecule has 0 spiro atoms. The van der Waals surface area contributed by atoms with Crippen LogP contribution in [0.15, 0.2) is 0 Å². The van der Waals surface area contributed by atoms with Gasteiger partial charge < -0.3 is 19.6 Å². The van der Waals surface area contributed by atoms with Gasteiger partial charge in [-0.3, -0.25) is 4.79 Å². The lowest BCUT2D eigenvalue weighted by atomic mass is 10.3. The predicted octanol–water partition coefficient (Wildman–Crippen LogP) is 1.26. The number of carboxylic acid groups (broad SMARTS) is 1. The lowest BCUT2D eigenvalue weighted by molar-refractivity contribution is -0.137. The molecule has 0 aliphatic rings. The summed E-state index contributed by atoms with van der Waals surface area (Å²) in [6.45, 7) is 5.36. The van der Waals surface area contributed by atoms with Crippen LogP contribution < -0.4 is 0 Å². The zero-order valence-corrected chi connectivity index (χ0v) is 11.7. The molecule has 1 N–H and O–H groups in total. The van der Waals surface area contributed by atoms with Gasteiger partial charge in [-0.05, 0) is 20.3 Å². The highest BCUT2D eigenvalue weighted by Crippen LogP contribution is 1.99. The normalized spacial score (nSPS) is 10.5. The van der Waals surface area contributed by atoms with Gasteiger partial charge in [-0.15, -0.1) is 0 Å². The van der Waals surface area contributed by atoms with Gasteiger partial charge in [-0.1, -0.05) is 0 Å². The van der Waals surface area contributed by atoms with Gasteiger partial charge in [-0.25, -0.2) is 4.79 Å². The van der Waals surface area contributed by atoms with Crippen LogP contribution in [0.2, 0.25) is 0 Å². The fourth-order valence-electron chi connectivity index (χ4n) is 1.38. The molecule has 106 valence electrons. The first-order chi connectivity index (χ1) is 8.34. The number of ether oxygens (including phenoxy) is 1. The number of likely N-dealkylation sites (N-methyl/N-ethyl adjacent to an activating group) is 1. The van der Waals surface area contributed by atoms with Crippen molar-refractivity contribution in [2.24, 2.45) is 0 Å². The van der Waals surface area contributed by atoms with Crippen molar-refractivity contribution >= 4 is 12.0 Å². The Morgan fingerprint density at radius 3 is 2.22 bits per heavy atom. The third kappa shape index (κ3) is 7.89. The Kier molecular flexibility index (Phi) is 8.11. The molecule has 0 atom stereocenters. The molecular weight excluding hydrogens is 236 g/mol. The molecule has 0 aliphatic carbocycles. The zero-order chi connectivity index (χ0) is 14.1. The summed E-state index contributed by atoms with van der Waals surface area (Å²) in [5, 5.41) is 8.51. The maximum atomic E-state index is 11.8. The summed E-state index contributed by atoms with van der Waals surface area (Å²) in [6, 6.07) is -0.118. The number of carbonyl (C=O) groups is 2. The van der Waals surface area contributed by atoms with E-state index in [0.29, 0.717) is 26.1 Å². The van der Waals surface area contributed by atoms with Crippen LogP contribution in [0.1, 0.15) is 26.7 Å². The van der Waals surface area contributed by atoms with Crippen LogP contribution in [-0.2, 0) is 9.53 Å². The largest absolute Gasteiger partial charge is 0.481 e. The van der Waals surface area contributed by atoms with E-state index in [1.54, 1.807) is 19.0 Å². The van der Waals surface area contributed by atoms with E-state index in [-0.39, 0.29) is 18.6 Å². The molecule has 0 aliphatic heterocycles. The average molecular weight is 260 g/mol. The zero-order valence-electron chi connectivity index (χ0n) is 11.7. The number of carbonyl (C=O) groups excluding carboxylic acids is 1. The lowest BCUT2D eigenvalue weighted by Gasteiger charge is -2.25. The first kappa shape index (κ1) is 16.7. The average Bonchev–Trinajstić information content (AvgIpc) is 2.26. The van der Waals surface area contributed by atoms with Crippen LogP contribution in [-0.4, -0.2) is 66.8 Å². The van der Waals surface area contributed by atoms with Crippen LogP contribution in [0.4, 0.5) is 4.79 Å². The monoisotopic (exact) mass is 260 g/mol. The van der Waals surface area contributed by atoms with E-state index >= 15 is 0 Å². The van der Waals surface area contributed by atoms with Gasteiger partial charge in [0.05, 0.1) is 12.7 Å². The molecule has 18 heavy (non-hydrogen) atoms. The van der Waals surface area contributed by atoms with Crippen molar-refractivity contribution < 1.29 is 19.4 Å². The molecule has 6 nitrogen and oxygen atoms in total. The van der Waals surface area contributed by atoms with Gasteiger partial charge in [-0.2, -0.15) is 0 Å². The molecule has 0 bridgehead atoms. The van der Waals surface area contributed by atoms with Crippen molar-refractivity contribution in [1.29, 1.82) is 0 Å². The minimum Gasteiger partial charge on any atom is -0.481 e. The number of amides is 2. The van der Waals surface area contributed by atoms with E-state index < -0.39 is 5.97 Å². The van der Waals surface area contributed by atoms with Crippen molar-refractivity contribution in [2.75, 3.05) is 33.8 Å². The number of urea groups is 1. The number of carboxylic acids is 1. The Hall–Kier alpha value is -1.30. The fraction of sp³-hybridized carbons (Fsp3) is 0.833. The summed E-state index contributed by atoms with van der Waals surface area (Å²) in [5.41, 5.74) is 0. The molecule has 0 aromatic rings. The van der Waals surface area contributed by atoms with E-state index in [1.807, 2.05) is 13.8 Å². The van der Waals surface area contributed by atoms with Gasteiger partial charge in [0.25, 0.3) is 0 Å². The second-order valence-corrected chi connectivity index (χ2v) is 4.54. The number of nitrogens with zero attached hydrogens (tertiary/aromatic N) is 2. The molecule has 0 aromatic heterocycles. The second kappa shape index (κ2) is 8.74. The smallest absolute Gasteiger partial charge is 0.319 e. The van der Waals surface area contributed by atoms with Crippen LogP contribution >= 0.6 is 0 Å². The van der Waals surface area contributed by atoms with Gasteiger partial charge >= 0.3 is 12.0 Å². The number of aliphatic carboxylic acids is 1. The predicted molar refractivity (Wildman–Crippen MR) is 68.6 cm³/mol. The molecule has 0 saturated carbocycles. The van der Waals surface area contributed by atoms with Crippen molar-refractivity contribution in [3.8, 4) is 0 Å². The SMILES string of the molecule is CC(C)OCCN(C)C(=O)N(C)CCCC(=O)O. The van der Waals surface area contributed by atoms with E-state index in [9.17, 15) is 9.59 Å². The molecule has 2 amide bonds. The van der Waals surface area contributed by atoms with Gasteiger partial charge in [0, 0.05) is 33.6 Å². The minimum absolute atomic E-state index is 0.0811. The summed E-state index contributed by atoms with van der Waals surface area (Å²) in [7, 11) is 3.38. The van der Waals surface area contributed by atoms with E-state index in [0.717, 1.165) is 0 Å². The molecule has 0 unspecified atom stereocenters. The maximum Gasteiger partial charge on any atom is 0.319 e. The third-order valence-electron chi connectivity index (χ3n) is 2.42. The summed E-state index contributed by atoms with van der Waals surface area (Å²) in [6.07, 6.45) is 0.702. The van der Waals surface area contributed by atoms with Crippen molar-refractivity contribution in [3.63, 3.8) is 0 Å². The molecule has 0 aromatic carbocycles. The Morgan fingerprint density at radius 1 is 1.17 bits per heavy atom. The van der Waals surface area contributed by atoms with Crippen molar-refractivity contribution in [2.45, 2.75) is 32.8 Å². The summed E-state index contributed by atoms with van der Waals surface area (Å²) in [5.74, 6) is -0.838. The van der Waals surface area contributed by atoms with Gasteiger partial charge in [0.15, 0.2) is 0 Å². The molecule has 0 rings (SSSR count). The molecule has 0 saturated heterocycles. The summed E-state index contributed by atoms with van der Waals surface area (Å²) < 4.78 is 5.36. The Morgan fingerprint density at radius 2 is 1.72 bits per heavy atom. The quantitative estimate of drug-likeness (QED) is 0.713. The highest BCUT2D eigenvalue weighted by atomic mass is 16.5. The first-order valence-electron chi connectivity index (χ1n) is 6.14. The molecule has 0 fully saturated rings. The van der Waals surface area contributed by atoms with Crippen LogP contribution in [0.5, 0.6) is 0 Å². The second-order valence-electron chi connectivity index (χ2n) is 4.54. The third-order valence-corrected chi connectivity index (χ3v) is 2.42. The lowest BCUT2D eigenvalue weighted by Crippen LogP contribution is -2.41. The minimum atomic E-state index is -0.838. The molecule has 6 heteroatoms. The highest BCUT2D eigenvalue weighted by Gasteiger charge is 2.13. The van der Waals surface area contributed by atoms with Gasteiger partial charge in [0.2, 0.25) is 0 Å². The standard InChI is InChI=1S/C12H24N2O4/c1-10(2)18-9-8-14(4)12(17)13(3)7-5-6-11(15)16/h10H,5-9H2,1-4H3,(H,15,16). The van der Waals surface area contributed by atoms with E-state index in [2.05, 4.69) is 0 Å². The number of rotatable bonds is 8. The Bertz CT molecular complexity index is 269. The Labute approximate surface area is 109 Å². The van der Waals surface area contributed by atoms with Crippen LogP contribution in [0.3, 0.4) is 0 Å². The molecule has 0 heterocycles. The van der Waals surface area contributed by atoms with E-state index in [4.69, 9.17) is 9.84 Å². The summed E-state index contributed by atoms with van der Waals surface area (Å²) >= 11 is 0. The fourth-order valence-corrected chi connectivity index (χ4v) is 1.38. The van der Waals surface area contributed by atoms with Crippen LogP contribution in [0, 0.1) is 0 Å². The van der Waals surface area contributed by atoms with E-state index in [1.165, 1.54) is 4.90 Å². The van der Waals surface area contributed by atoms with Gasteiger partial charge in [0.1, 0.15) is 0 Å².